The van der Waals surface area contributed by atoms with Crippen LogP contribution < -0.4 is 14.8 Å². The van der Waals surface area contributed by atoms with Crippen molar-refractivity contribution in [2.45, 2.75) is 6.54 Å². The average molecular weight is 373 g/mol. The first-order valence-electron chi connectivity index (χ1n) is 7.84. The highest BCUT2D eigenvalue weighted by Gasteiger charge is 2.36. The van der Waals surface area contributed by atoms with Gasteiger partial charge in [-0.15, -0.1) is 0 Å². The number of nitrogens with one attached hydrogen (secondary N) is 1. The molecular formula is C18H13ClN2O5. The maximum Gasteiger partial charge on any atom is 0.262 e. The van der Waals surface area contributed by atoms with Crippen molar-refractivity contribution < 1.29 is 23.9 Å². The first-order chi connectivity index (χ1) is 12.5. The molecule has 0 spiro atoms. The number of amides is 3. The molecule has 0 aliphatic carbocycles. The molecule has 2 heterocycles. The highest BCUT2D eigenvalue weighted by molar-refractivity contribution is 6.32. The quantitative estimate of drug-likeness (QED) is 0.829. The maximum atomic E-state index is 12.3. The van der Waals surface area contributed by atoms with Crippen LogP contribution in [-0.2, 0) is 11.3 Å². The molecule has 2 aliphatic rings. The Balaban J connectivity index is 1.39. The molecule has 2 aliphatic heterocycles. The molecule has 4 rings (SSSR count). The van der Waals surface area contributed by atoms with Crippen LogP contribution in [0.3, 0.4) is 0 Å². The summed E-state index contributed by atoms with van der Waals surface area (Å²) >= 11 is 5.87. The molecule has 3 amide bonds. The van der Waals surface area contributed by atoms with Crippen molar-refractivity contribution in [1.29, 1.82) is 0 Å². The van der Waals surface area contributed by atoms with Gasteiger partial charge < -0.3 is 14.8 Å². The number of fused-ring (bicyclic) bond motifs is 2. The Morgan fingerprint density at radius 3 is 2.65 bits per heavy atom. The van der Waals surface area contributed by atoms with Crippen LogP contribution in [0, 0.1) is 0 Å². The Morgan fingerprint density at radius 2 is 1.81 bits per heavy atom. The third kappa shape index (κ3) is 2.86. The molecule has 8 heteroatoms. The Hall–Kier alpha value is -3.06. The number of nitrogens with zero attached hydrogens (tertiary/aromatic N) is 1. The smallest absolute Gasteiger partial charge is 0.262 e. The van der Waals surface area contributed by atoms with Crippen LogP contribution in [-0.4, -0.2) is 36.0 Å². The van der Waals surface area contributed by atoms with Gasteiger partial charge in [-0.25, -0.2) is 0 Å². The topological polar surface area (TPSA) is 84.9 Å². The van der Waals surface area contributed by atoms with Crippen molar-refractivity contribution >= 4 is 29.3 Å². The summed E-state index contributed by atoms with van der Waals surface area (Å²) in [4.78, 5) is 37.7. The van der Waals surface area contributed by atoms with E-state index in [1.165, 1.54) is 18.2 Å². The first kappa shape index (κ1) is 16.4. The van der Waals surface area contributed by atoms with E-state index in [0.717, 1.165) is 10.5 Å². The third-order valence-electron chi connectivity index (χ3n) is 4.16. The molecular weight excluding hydrogens is 360 g/mol. The van der Waals surface area contributed by atoms with Gasteiger partial charge in [-0.3, -0.25) is 19.3 Å². The second-order valence-electron chi connectivity index (χ2n) is 5.85. The van der Waals surface area contributed by atoms with E-state index in [0.29, 0.717) is 16.5 Å². The van der Waals surface area contributed by atoms with Gasteiger partial charge in [-0.1, -0.05) is 17.7 Å². The van der Waals surface area contributed by atoms with Crippen molar-refractivity contribution in [2.75, 3.05) is 13.3 Å². The van der Waals surface area contributed by atoms with Crippen molar-refractivity contribution in [1.82, 2.24) is 10.2 Å². The van der Waals surface area contributed by atoms with Gasteiger partial charge in [-0.05, 0) is 35.9 Å². The summed E-state index contributed by atoms with van der Waals surface area (Å²) in [6.07, 6.45) is 0. The average Bonchev–Trinajstić information content (AvgIpc) is 3.18. The molecule has 0 saturated heterocycles. The van der Waals surface area contributed by atoms with Crippen molar-refractivity contribution in [3.05, 3.63) is 58.1 Å². The number of imide groups is 1. The van der Waals surface area contributed by atoms with E-state index in [-0.39, 0.29) is 31.0 Å². The van der Waals surface area contributed by atoms with Gasteiger partial charge in [0.15, 0.2) is 11.5 Å². The number of carbonyl (C=O) groups is 3. The molecule has 2 aromatic carbocycles. The monoisotopic (exact) mass is 372 g/mol. The van der Waals surface area contributed by atoms with Crippen LogP contribution >= 0.6 is 11.6 Å². The molecule has 2 aromatic rings. The zero-order valence-corrected chi connectivity index (χ0v) is 14.2. The standard InChI is InChI=1S/C18H13ClN2O5/c19-11-2-3-12-13(6-11)18(24)21(17(12)23)8-16(22)20-7-10-1-4-14-15(5-10)26-9-25-14/h1-6H,7-9H2,(H,20,22). The first-order valence-corrected chi connectivity index (χ1v) is 8.22. The number of ether oxygens (including phenoxy) is 2. The van der Waals surface area contributed by atoms with Crippen LogP contribution in [0.1, 0.15) is 26.3 Å². The van der Waals surface area contributed by atoms with Gasteiger partial charge in [0.05, 0.1) is 11.1 Å². The van der Waals surface area contributed by atoms with Crippen molar-refractivity contribution in [2.24, 2.45) is 0 Å². The summed E-state index contributed by atoms with van der Waals surface area (Å²) < 4.78 is 10.5. The minimum atomic E-state index is -0.522. The molecule has 0 radical (unpaired) electrons. The van der Waals surface area contributed by atoms with Gasteiger partial charge >= 0.3 is 0 Å². The Bertz CT molecular complexity index is 943. The Kier molecular flexibility index (Phi) is 4.00. The Morgan fingerprint density at radius 1 is 1.04 bits per heavy atom. The van der Waals surface area contributed by atoms with Crippen LogP contribution in [0.5, 0.6) is 11.5 Å². The van der Waals surface area contributed by atoms with E-state index in [1.807, 2.05) is 0 Å². The number of benzene rings is 2. The van der Waals surface area contributed by atoms with Gasteiger partial charge in [0.25, 0.3) is 11.8 Å². The van der Waals surface area contributed by atoms with E-state index in [2.05, 4.69) is 5.32 Å². The highest BCUT2D eigenvalue weighted by atomic mass is 35.5. The number of hydrogen-bond donors (Lipinski definition) is 1. The van der Waals surface area contributed by atoms with Crippen LogP contribution in [0.25, 0.3) is 0 Å². The van der Waals surface area contributed by atoms with Crippen molar-refractivity contribution in [3.63, 3.8) is 0 Å². The zero-order chi connectivity index (χ0) is 18.3. The van der Waals surface area contributed by atoms with E-state index in [1.54, 1.807) is 18.2 Å². The summed E-state index contributed by atoms with van der Waals surface area (Å²) in [7, 11) is 0. The number of rotatable bonds is 4. The van der Waals surface area contributed by atoms with E-state index >= 15 is 0 Å². The largest absolute Gasteiger partial charge is 0.454 e. The molecule has 26 heavy (non-hydrogen) atoms. The third-order valence-corrected chi connectivity index (χ3v) is 4.40. The minimum Gasteiger partial charge on any atom is -0.454 e. The predicted octanol–water partition coefficient (Wildman–Crippen LogP) is 1.98. The summed E-state index contributed by atoms with van der Waals surface area (Å²) in [5, 5.41) is 3.05. The number of carbonyl (C=O) groups excluding carboxylic acids is 3. The summed E-state index contributed by atoms with van der Waals surface area (Å²) in [5.41, 5.74) is 1.28. The fourth-order valence-electron chi connectivity index (χ4n) is 2.86. The molecule has 0 unspecified atom stereocenters. The second-order valence-corrected chi connectivity index (χ2v) is 6.29. The van der Waals surface area contributed by atoms with Crippen molar-refractivity contribution in [3.8, 4) is 11.5 Å². The van der Waals surface area contributed by atoms with Gasteiger partial charge in [-0.2, -0.15) is 0 Å². The van der Waals surface area contributed by atoms with Gasteiger partial charge in [0.2, 0.25) is 12.7 Å². The van der Waals surface area contributed by atoms with Gasteiger partial charge in [0.1, 0.15) is 6.54 Å². The number of halogens is 1. The summed E-state index contributed by atoms with van der Waals surface area (Å²) in [6, 6.07) is 9.79. The fraction of sp³-hybridized carbons (Fsp3) is 0.167. The lowest BCUT2D eigenvalue weighted by atomic mass is 10.1. The van der Waals surface area contributed by atoms with E-state index in [4.69, 9.17) is 21.1 Å². The predicted molar refractivity (Wildman–Crippen MR) is 91.2 cm³/mol. The molecule has 0 atom stereocenters. The van der Waals surface area contributed by atoms with E-state index < -0.39 is 17.7 Å². The molecule has 0 bridgehead atoms. The molecule has 132 valence electrons. The molecule has 0 aromatic heterocycles. The number of hydrogen-bond acceptors (Lipinski definition) is 5. The lowest BCUT2D eigenvalue weighted by molar-refractivity contribution is -0.121. The molecule has 1 N–H and O–H groups in total. The molecule has 0 saturated carbocycles. The molecule has 7 nitrogen and oxygen atoms in total. The zero-order valence-electron chi connectivity index (χ0n) is 13.5. The summed E-state index contributed by atoms with van der Waals surface area (Å²) in [6.45, 7) is 0.0634. The van der Waals surface area contributed by atoms with E-state index in [9.17, 15) is 14.4 Å². The lowest BCUT2D eigenvalue weighted by Crippen LogP contribution is -2.40. The highest BCUT2D eigenvalue weighted by Crippen LogP contribution is 2.32. The maximum absolute atomic E-state index is 12.3. The fourth-order valence-corrected chi connectivity index (χ4v) is 3.03. The van der Waals surface area contributed by atoms with Crippen LogP contribution in [0.2, 0.25) is 5.02 Å². The Labute approximate surface area is 153 Å². The lowest BCUT2D eigenvalue weighted by Gasteiger charge is -2.13. The summed E-state index contributed by atoms with van der Waals surface area (Å²) in [5.74, 6) is -0.187. The second kappa shape index (κ2) is 6.34. The minimum absolute atomic E-state index is 0.176. The SMILES string of the molecule is O=C(CN1C(=O)c2ccc(Cl)cc2C1=O)NCc1ccc2c(c1)OCO2. The van der Waals surface area contributed by atoms with Crippen LogP contribution in [0.4, 0.5) is 0 Å². The van der Waals surface area contributed by atoms with Gasteiger partial charge in [0, 0.05) is 11.6 Å². The normalized spacial score (nSPS) is 14.6. The van der Waals surface area contributed by atoms with Crippen LogP contribution in [0.15, 0.2) is 36.4 Å². The molecule has 0 fully saturated rings.